The van der Waals surface area contributed by atoms with Crippen LogP contribution in [0.15, 0.2) is 18.3 Å². The number of pyridine rings is 1. The lowest BCUT2D eigenvalue weighted by atomic mass is 10.2. The number of nitrogen functional groups attached to an aromatic ring is 1. The Hall–Kier alpha value is -0.900. The largest absolute Gasteiger partial charge is 0.384 e. The Balaban J connectivity index is 2.77. The lowest BCUT2D eigenvalue weighted by Crippen LogP contribution is -2.33. The van der Waals surface area contributed by atoms with Gasteiger partial charge in [0.25, 0.3) is 0 Å². The molecule has 84 valence electrons. The van der Waals surface area contributed by atoms with Gasteiger partial charge in [-0.15, -0.1) is 0 Å². The average molecular weight is 225 g/mol. The van der Waals surface area contributed by atoms with Gasteiger partial charge in [0.1, 0.15) is 5.82 Å². The number of thioether (sulfide) groups is 1. The third-order valence-corrected chi connectivity index (χ3v) is 3.27. The molecular formula is C11H19N3S. The van der Waals surface area contributed by atoms with Crippen molar-refractivity contribution < 1.29 is 0 Å². The fourth-order valence-electron chi connectivity index (χ4n) is 1.56. The van der Waals surface area contributed by atoms with Gasteiger partial charge in [-0.2, -0.15) is 11.8 Å². The molecule has 1 aromatic heterocycles. The first-order valence-corrected chi connectivity index (χ1v) is 6.51. The minimum atomic E-state index is 0.557. The number of rotatable bonds is 5. The molecule has 0 aromatic carbocycles. The van der Waals surface area contributed by atoms with Crippen molar-refractivity contribution in [3.05, 3.63) is 18.3 Å². The molecule has 3 nitrogen and oxygen atoms in total. The van der Waals surface area contributed by atoms with Crippen molar-refractivity contribution in [3.8, 4) is 0 Å². The van der Waals surface area contributed by atoms with Gasteiger partial charge in [0, 0.05) is 36.8 Å². The normalized spacial score (nSPS) is 12.5. The molecule has 0 aliphatic rings. The summed E-state index contributed by atoms with van der Waals surface area (Å²) in [5, 5.41) is 0. The fraction of sp³-hybridized carbons (Fsp3) is 0.545. The summed E-state index contributed by atoms with van der Waals surface area (Å²) in [6.45, 7) is 2.21. The molecule has 0 saturated heterocycles. The zero-order valence-electron chi connectivity index (χ0n) is 9.60. The Kier molecular flexibility index (Phi) is 4.75. The van der Waals surface area contributed by atoms with Crippen LogP contribution >= 0.6 is 11.8 Å². The molecule has 1 atom stereocenters. The molecule has 0 bridgehead atoms. The van der Waals surface area contributed by atoms with Crippen LogP contribution in [0.4, 0.5) is 11.5 Å². The zero-order valence-corrected chi connectivity index (χ0v) is 10.4. The van der Waals surface area contributed by atoms with E-state index in [1.54, 1.807) is 6.20 Å². The van der Waals surface area contributed by atoms with Gasteiger partial charge in [-0.25, -0.2) is 4.98 Å². The molecule has 0 spiro atoms. The highest BCUT2D eigenvalue weighted by Crippen LogP contribution is 2.19. The Morgan fingerprint density at radius 2 is 2.33 bits per heavy atom. The van der Waals surface area contributed by atoms with Gasteiger partial charge < -0.3 is 10.6 Å². The van der Waals surface area contributed by atoms with Crippen molar-refractivity contribution in [3.63, 3.8) is 0 Å². The SMILES string of the molecule is CCC(CSC)N(C)c1ccnc(N)c1. The van der Waals surface area contributed by atoms with Crippen LogP contribution in [0, 0.1) is 0 Å². The van der Waals surface area contributed by atoms with Crippen LogP contribution in [-0.4, -0.2) is 30.1 Å². The summed E-state index contributed by atoms with van der Waals surface area (Å²) in [5.41, 5.74) is 6.81. The van der Waals surface area contributed by atoms with Gasteiger partial charge in [-0.1, -0.05) is 6.92 Å². The van der Waals surface area contributed by atoms with Crippen molar-refractivity contribution in [2.24, 2.45) is 0 Å². The Bertz CT molecular complexity index is 304. The van der Waals surface area contributed by atoms with Gasteiger partial charge in [0.2, 0.25) is 0 Å². The molecule has 2 N–H and O–H groups in total. The van der Waals surface area contributed by atoms with Gasteiger partial charge >= 0.3 is 0 Å². The second-order valence-electron chi connectivity index (χ2n) is 3.57. The summed E-state index contributed by atoms with van der Waals surface area (Å²) in [6, 6.07) is 4.48. The van der Waals surface area contributed by atoms with Crippen LogP contribution < -0.4 is 10.6 Å². The van der Waals surface area contributed by atoms with E-state index in [2.05, 4.69) is 30.1 Å². The first-order chi connectivity index (χ1) is 7.19. The first kappa shape index (κ1) is 12.2. The van der Waals surface area contributed by atoms with Crippen molar-refractivity contribution in [2.45, 2.75) is 19.4 Å². The van der Waals surface area contributed by atoms with E-state index in [1.807, 2.05) is 23.9 Å². The monoisotopic (exact) mass is 225 g/mol. The molecule has 0 saturated carbocycles. The van der Waals surface area contributed by atoms with E-state index >= 15 is 0 Å². The predicted octanol–water partition coefficient (Wildman–Crippen LogP) is 2.24. The van der Waals surface area contributed by atoms with E-state index in [9.17, 15) is 0 Å². The summed E-state index contributed by atoms with van der Waals surface area (Å²) in [5.74, 6) is 1.72. The molecule has 4 heteroatoms. The number of nitrogens with two attached hydrogens (primary N) is 1. The lowest BCUT2D eigenvalue weighted by molar-refractivity contribution is 0.673. The second-order valence-corrected chi connectivity index (χ2v) is 4.48. The summed E-state index contributed by atoms with van der Waals surface area (Å²) >= 11 is 1.87. The van der Waals surface area contributed by atoms with Crippen molar-refractivity contribution in [2.75, 3.05) is 29.7 Å². The van der Waals surface area contributed by atoms with E-state index in [1.165, 1.54) is 0 Å². The summed E-state index contributed by atoms with van der Waals surface area (Å²) in [7, 11) is 2.11. The van der Waals surface area contributed by atoms with Crippen molar-refractivity contribution in [1.82, 2.24) is 4.98 Å². The number of nitrogens with zero attached hydrogens (tertiary/aromatic N) is 2. The topological polar surface area (TPSA) is 42.2 Å². The van der Waals surface area contributed by atoms with Crippen molar-refractivity contribution in [1.29, 1.82) is 0 Å². The molecule has 1 unspecified atom stereocenters. The van der Waals surface area contributed by atoms with Gasteiger partial charge in [0.05, 0.1) is 0 Å². The van der Waals surface area contributed by atoms with E-state index in [4.69, 9.17) is 5.73 Å². The molecular weight excluding hydrogens is 206 g/mol. The number of hydrogen-bond acceptors (Lipinski definition) is 4. The van der Waals surface area contributed by atoms with Crippen LogP contribution in [0.25, 0.3) is 0 Å². The molecule has 0 aliphatic heterocycles. The van der Waals surface area contributed by atoms with Crippen LogP contribution in [0.5, 0.6) is 0 Å². The molecule has 15 heavy (non-hydrogen) atoms. The lowest BCUT2D eigenvalue weighted by Gasteiger charge is -2.28. The molecule has 1 heterocycles. The van der Waals surface area contributed by atoms with Crippen LogP contribution in [0.2, 0.25) is 0 Å². The maximum absolute atomic E-state index is 5.67. The van der Waals surface area contributed by atoms with E-state index in [0.717, 1.165) is 17.9 Å². The summed E-state index contributed by atoms with van der Waals surface area (Å²) in [4.78, 5) is 6.27. The quantitative estimate of drug-likeness (QED) is 0.834. The Labute approximate surface area is 96.1 Å². The second kappa shape index (κ2) is 5.85. The maximum atomic E-state index is 5.67. The third kappa shape index (κ3) is 3.30. The highest BCUT2D eigenvalue weighted by atomic mass is 32.2. The summed E-state index contributed by atoms with van der Waals surface area (Å²) < 4.78 is 0. The minimum absolute atomic E-state index is 0.557. The van der Waals surface area contributed by atoms with E-state index in [-0.39, 0.29) is 0 Å². The molecule has 0 amide bonds. The summed E-state index contributed by atoms with van der Waals surface area (Å²) in [6.07, 6.45) is 5.03. The highest BCUT2D eigenvalue weighted by Gasteiger charge is 2.12. The van der Waals surface area contributed by atoms with Crippen LogP contribution in [-0.2, 0) is 0 Å². The standard InChI is InChI=1S/C11H19N3S/c1-4-9(8-15-3)14(2)10-5-6-13-11(12)7-10/h5-7,9H,4,8H2,1-3H3,(H2,12,13). The number of anilines is 2. The molecule has 1 aromatic rings. The number of hydrogen-bond donors (Lipinski definition) is 1. The molecule has 0 fully saturated rings. The molecule has 0 aliphatic carbocycles. The minimum Gasteiger partial charge on any atom is -0.384 e. The van der Waals surface area contributed by atoms with Gasteiger partial charge in [0.15, 0.2) is 0 Å². The fourth-order valence-corrected chi connectivity index (χ4v) is 2.41. The van der Waals surface area contributed by atoms with Gasteiger partial charge in [-0.05, 0) is 18.7 Å². The molecule has 1 rings (SSSR count). The van der Waals surface area contributed by atoms with Gasteiger partial charge in [-0.3, -0.25) is 0 Å². The third-order valence-electron chi connectivity index (χ3n) is 2.55. The van der Waals surface area contributed by atoms with Crippen LogP contribution in [0.3, 0.4) is 0 Å². The molecule has 0 radical (unpaired) electrons. The van der Waals surface area contributed by atoms with E-state index in [0.29, 0.717) is 11.9 Å². The van der Waals surface area contributed by atoms with E-state index < -0.39 is 0 Å². The van der Waals surface area contributed by atoms with Crippen molar-refractivity contribution >= 4 is 23.3 Å². The maximum Gasteiger partial charge on any atom is 0.125 e. The zero-order chi connectivity index (χ0) is 11.3. The average Bonchev–Trinajstić information content (AvgIpc) is 2.25. The highest BCUT2D eigenvalue weighted by molar-refractivity contribution is 7.98. The first-order valence-electron chi connectivity index (χ1n) is 5.12. The number of aromatic nitrogens is 1. The van der Waals surface area contributed by atoms with Crippen LogP contribution in [0.1, 0.15) is 13.3 Å². The Morgan fingerprint density at radius 3 is 2.87 bits per heavy atom. The smallest absolute Gasteiger partial charge is 0.125 e. The Morgan fingerprint density at radius 1 is 1.60 bits per heavy atom. The predicted molar refractivity (Wildman–Crippen MR) is 69.5 cm³/mol.